The maximum atomic E-state index is 11.8. The van der Waals surface area contributed by atoms with Crippen molar-refractivity contribution in [1.29, 1.82) is 0 Å². The number of Topliss-reactive ketones (excluding diaryl/α,β-unsaturated/α-hetero) is 1. The second-order valence-electron chi connectivity index (χ2n) is 4.54. The summed E-state index contributed by atoms with van der Waals surface area (Å²) in [6.07, 6.45) is -1.56. The van der Waals surface area contributed by atoms with Crippen molar-refractivity contribution in [3.8, 4) is 5.75 Å². The molecule has 1 rings (SSSR count). The Balaban J connectivity index is 2.98. The van der Waals surface area contributed by atoms with Crippen molar-refractivity contribution >= 4 is 17.6 Å². The summed E-state index contributed by atoms with van der Waals surface area (Å²) in [6.45, 7) is -0.772. The Morgan fingerprint density at radius 3 is 2.10 bits per heavy atom. The second kappa shape index (κ2) is 8.01. The van der Waals surface area contributed by atoms with E-state index in [1.807, 2.05) is 0 Å². The van der Waals surface area contributed by atoms with Crippen molar-refractivity contribution < 1.29 is 24.2 Å². The third-order valence-electron chi connectivity index (χ3n) is 2.87. The van der Waals surface area contributed by atoms with Gasteiger partial charge in [0.1, 0.15) is 18.5 Å². The van der Waals surface area contributed by atoms with Crippen molar-refractivity contribution in [2.24, 2.45) is 17.4 Å². The number of carbonyl (C=O) groups excluding carboxylic acids is 3. The summed E-state index contributed by atoms with van der Waals surface area (Å²) in [5, 5.41) is 8.99. The van der Waals surface area contributed by atoms with E-state index < -0.39 is 36.2 Å². The summed E-state index contributed by atoms with van der Waals surface area (Å²) >= 11 is 0. The second-order valence-corrected chi connectivity index (χ2v) is 4.54. The largest absolute Gasteiger partial charge is 0.489 e. The van der Waals surface area contributed by atoms with Crippen LogP contribution >= 0.6 is 0 Å². The van der Waals surface area contributed by atoms with Gasteiger partial charge in [-0.15, -0.1) is 0 Å². The molecule has 1 aromatic rings. The van der Waals surface area contributed by atoms with Crippen LogP contribution in [-0.4, -0.2) is 35.4 Å². The number of aliphatic hydroxyl groups excluding tert-OH is 1. The molecule has 0 saturated carbocycles. The SMILES string of the molecule is NC(=O)C[C@H](C(=O)CO)[C@@H](CC(N)=O)Oc1ccccc1. The highest BCUT2D eigenvalue weighted by Gasteiger charge is 2.32. The zero-order chi connectivity index (χ0) is 15.8. The summed E-state index contributed by atoms with van der Waals surface area (Å²) in [4.78, 5) is 34.0. The number of hydrogen-bond acceptors (Lipinski definition) is 5. The molecule has 1 aromatic carbocycles. The lowest BCUT2D eigenvalue weighted by atomic mass is 9.91. The van der Waals surface area contributed by atoms with Gasteiger partial charge in [0, 0.05) is 6.42 Å². The third kappa shape index (κ3) is 5.62. The molecule has 0 aliphatic heterocycles. The Kier molecular flexibility index (Phi) is 6.35. The van der Waals surface area contributed by atoms with Crippen LogP contribution < -0.4 is 16.2 Å². The maximum Gasteiger partial charge on any atom is 0.221 e. The Labute approximate surface area is 121 Å². The zero-order valence-corrected chi connectivity index (χ0v) is 11.4. The van der Waals surface area contributed by atoms with Gasteiger partial charge < -0.3 is 21.3 Å². The van der Waals surface area contributed by atoms with Gasteiger partial charge in [0.05, 0.1) is 12.3 Å². The summed E-state index contributed by atoms with van der Waals surface area (Å²) in [5.41, 5.74) is 10.3. The van der Waals surface area contributed by atoms with Gasteiger partial charge in [0.2, 0.25) is 11.8 Å². The summed E-state index contributed by atoms with van der Waals surface area (Å²) in [7, 11) is 0. The zero-order valence-electron chi connectivity index (χ0n) is 11.4. The molecule has 0 aliphatic rings. The molecule has 0 unspecified atom stereocenters. The highest BCUT2D eigenvalue weighted by molar-refractivity contribution is 5.88. The minimum Gasteiger partial charge on any atom is -0.489 e. The number of amides is 2. The van der Waals surface area contributed by atoms with E-state index in [2.05, 4.69) is 0 Å². The van der Waals surface area contributed by atoms with Crippen LogP contribution in [-0.2, 0) is 14.4 Å². The normalized spacial score (nSPS) is 13.2. The van der Waals surface area contributed by atoms with E-state index in [9.17, 15) is 14.4 Å². The molecule has 0 bridgehead atoms. The lowest BCUT2D eigenvalue weighted by Gasteiger charge is -2.25. The first-order valence-corrected chi connectivity index (χ1v) is 6.36. The fraction of sp³-hybridized carbons (Fsp3) is 0.357. The molecule has 0 heterocycles. The Hall–Kier alpha value is -2.41. The van der Waals surface area contributed by atoms with Gasteiger partial charge in [-0.25, -0.2) is 0 Å². The molecule has 0 radical (unpaired) electrons. The van der Waals surface area contributed by atoms with Gasteiger partial charge in [-0.1, -0.05) is 18.2 Å². The van der Waals surface area contributed by atoms with Crippen molar-refractivity contribution in [3.05, 3.63) is 30.3 Å². The van der Waals surface area contributed by atoms with Crippen LogP contribution in [0.4, 0.5) is 0 Å². The molecular formula is C14H18N2O5. The van der Waals surface area contributed by atoms with E-state index >= 15 is 0 Å². The first-order chi connectivity index (χ1) is 9.93. The number of benzene rings is 1. The van der Waals surface area contributed by atoms with E-state index in [1.165, 1.54) is 0 Å². The quantitative estimate of drug-likeness (QED) is 0.557. The number of rotatable bonds is 9. The number of nitrogens with two attached hydrogens (primary N) is 2. The topological polar surface area (TPSA) is 133 Å². The number of para-hydroxylation sites is 1. The average molecular weight is 294 g/mol. The van der Waals surface area contributed by atoms with Gasteiger partial charge in [0.15, 0.2) is 5.78 Å². The van der Waals surface area contributed by atoms with Gasteiger partial charge >= 0.3 is 0 Å². The molecule has 7 heteroatoms. The van der Waals surface area contributed by atoms with Gasteiger partial charge in [-0.2, -0.15) is 0 Å². The number of ketones is 1. The molecule has 114 valence electrons. The van der Waals surface area contributed by atoms with Crippen LogP contribution in [0.25, 0.3) is 0 Å². The Bertz CT molecular complexity index is 503. The molecule has 0 spiro atoms. The first kappa shape index (κ1) is 16.6. The number of carbonyl (C=O) groups is 3. The molecule has 7 nitrogen and oxygen atoms in total. The highest BCUT2D eigenvalue weighted by atomic mass is 16.5. The van der Waals surface area contributed by atoms with E-state index in [4.69, 9.17) is 21.3 Å². The molecule has 0 fully saturated rings. The predicted molar refractivity (Wildman–Crippen MR) is 74.1 cm³/mol. The van der Waals surface area contributed by atoms with Crippen LogP contribution in [0.1, 0.15) is 12.8 Å². The third-order valence-corrected chi connectivity index (χ3v) is 2.87. The van der Waals surface area contributed by atoms with Crippen LogP contribution in [0.2, 0.25) is 0 Å². The van der Waals surface area contributed by atoms with Crippen molar-refractivity contribution in [2.75, 3.05) is 6.61 Å². The van der Waals surface area contributed by atoms with E-state index in [-0.39, 0.29) is 12.8 Å². The standard InChI is InChI=1S/C14H18N2O5/c15-13(19)6-10(11(18)8-17)12(7-14(16)20)21-9-4-2-1-3-5-9/h1-5,10,12,17H,6-8H2,(H2,15,19)(H2,16,20)/t10-,12-/m1/s1. The number of aliphatic hydroxyl groups is 1. The Morgan fingerprint density at radius 1 is 1.05 bits per heavy atom. The lowest BCUT2D eigenvalue weighted by molar-refractivity contribution is -0.134. The summed E-state index contributed by atoms with van der Waals surface area (Å²) < 4.78 is 5.57. The van der Waals surface area contributed by atoms with Crippen molar-refractivity contribution in [3.63, 3.8) is 0 Å². The van der Waals surface area contributed by atoms with E-state index in [1.54, 1.807) is 30.3 Å². The first-order valence-electron chi connectivity index (χ1n) is 6.36. The molecule has 0 aromatic heterocycles. The number of hydrogen-bond donors (Lipinski definition) is 3. The van der Waals surface area contributed by atoms with Gasteiger partial charge in [0.25, 0.3) is 0 Å². The molecule has 2 amide bonds. The number of primary amides is 2. The smallest absolute Gasteiger partial charge is 0.221 e. The minimum absolute atomic E-state index is 0.265. The van der Waals surface area contributed by atoms with Crippen LogP contribution in [0, 0.1) is 5.92 Å². The maximum absolute atomic E-state index is 11.8. The van der Waals surface area contributed by atoms with Crippen LogP contribution in [0.15, 0.2) is 30.3 Å². The summed E-state index contributed by atoms with van der Waals surface area (Å²) in [5.74, 6) is -2.65. The molecule has 0 aliphatic carbocycles. The highest BCUT2D eigenvalue weighted by Crippen LogP contribution is 2.21. The lowest BCUT2D eigenvalue weighted by Crippen LogP contribution is -2.40. The minimum atomic E-state index is -1.03. The van der Waals surface area contributed by atoms with E-state index in [0.29, 0.717) is 5.75 Å². The monoisotopic (exact) mass is 294 g/mol. The van der Waals surface area contributed by atoms with Crippen molar-refractivity contribution in [2.45, 2.75) is 18.9 Å². The molecular weight excluding hydrogens is 276 g/mol. The van der Waals surface area contributed by atoms with Crippen LogP contribution in [0.5, 0.6) is 5.75 Å². The fourth-order valence-corrected chi connectivity index (χ4v) is 1.92. The van der Waals surface area contributed by atoms with E-state index in [0.717, 1.165) is 0 Å². The number of ether oxygens (including phenoxy) is 1. The predicted octanol–water partition coefficient (Wildman–Crippen LogP) is -0.638. The van der Waals surface area contributed by atoms with Gasteiger partial charge in [-0.3, -0.25) is 14.4 Å². The molecule has 21 heavy (non-hydrogen) atoms. The fourth-order valence-electron chi connectivity index (χ4n) is 1.92. The van der Waals surface area contributed by atoms with Crippen molar-refractivity contribution in [1.82, 2.24) is 0 Å². The average Bonchev–Trinajstić information content (AvgIpc) is 2.43. The van der Waals surface area contributed by atoms with Gasteiger partial charge in [-0.05, 0) is 12.1 Å². The molecule has 0 saturated heterocycles. The van der Waals surface area contributed by atoms with Crippen LogP contribution in [0.3, 0.4) is 0 Å². The molecule has 2 atom stereocenters. The summed E-state index contributed by atoms with van der Waals surface area (Å²) in [6, 6.07) is 8.48. The Morgan fingerprint density at radius 2 is 1.62 bits per heavy atom. The molecule has 5 N–H and O–H groups in total.